The molecule has 155 valence electrons. The number of hydrogen-bond donors (Lipinski definition) is 1. The van der Waals surface area contributed by atoms with Crippen LogP contribution in [0.25, 0.3) is 33.3 Å². The molecule has 0 atom stereocenters. The fourth-order valence-electron chi connectivity index (χ4n) is 3.27. The van der Waals surface area contributed by atoms with Crippen LogP contribution in [0.1, 0.15) is 27.7 Å². The van der Waals surface area contributed by atoms with Gasteiger partial charge < -0.3 is 9.76 Å². The van der Waals surface area contributed by atoms with E-state index in [1.165, 1.54) is 11.1 Å². The number of aromatic nitrogens is 1. The molecule has 3 aromatic carbocycles. The Labute approximate surface area is 185 Å². The van der Waals surface area contributed by atoms with Gasteiger partial charge in [-0.3, -0.25) is 0 Å². The van der Waals surface area contributed by atoms with Crippen LogP contribution in [0.2, 0.25) is 0 Å². The molecule has 1 aromatic heterocycles. The number of pyridine rings is 1. The number of hydrogen-bond acceptors (Lipinski definition) is 3. The minimum atomic E-state index is -0.952. The summed E-state index contributed by atoms with van der Waals surface area (Å²) < 4.78 is 5.87. The number of fused-ring (bicyclic) bond motifs is 1. The molecule has 4 aromatic rings. The summed E-state index contributed by atoms with van der Waals surface area (Å²) in [6.07, 6.45) is 0. The van der Waals surface area contributed by atoms with Crippen molar-refractivity contribution in [3.63, 3.8) is 0 Å². The molecule has 3 nitrogen and oxygen atoms in total. The number of rotatable bonds is 6. The van der Waals surface area contributed by atoms with E-state index in [2.05, 4.69) is 60.7 Å². The van der Waals surface area contributed by atoms with E-state index in [9.17, 15) is 5.11 Å². The smallest absolute Gasteiger partial charge is 0.330 e. The van der Waals surface area contributed by atoms with Crippen LogP contribution < -0.4 is 5.46 Å². The first-order valence-electron chi connectivity index (χ1n) is 10.5. The van der Waals surface area contributed by atoms with Crippen molar-refractivity contribution >= 4 is 23.8 Å². The molecule has 0 fully saturated rings. The van der Waals surface area contributed by atoms with Gasteiger partial charge in [-0.05, 0) is 51.0 Å². The normalized spacial score (nSPS) is 12.2. The van der Waals surface area contributed by atoms with Crippen LogP contribution in [0.5, 0.6) is 0 Å². The molecule has 4 rings (SSSR count). The summed E-state index contributed by atoms with van der Waals surface area (Å²) >= 11 is 0. The molecule has 0 unspecified atom stereocenters. The molecule has 0 aliphatic carbocycles. The molecule has 1 radical (unpaired) electrons. The summed E-state index contributed by atoms with van der Waals surface area (Å²) in [6, 6.07) is 28.9. The highest BCUT2D eigenvalue weighted by atomic mass is 16.5. The molecule has 1 N–H and O–H groups in total. The fourth-order valence-corrected chi connectivity index (χ4v) is 3.27. The van der Waals surface area contributed by atoms with E-state index in [1.54, 1.807) is 21.3 Å². The fraction of sp³-hybridized carbons (Fsp3) is 0.222. The third kappa shape index (κ3) is 4.56. The van der Waals surface area contributed by atoms with Crippen molar-refractivity contribution in [1.82, 2.24) is 4.98 Å². The Morgan fingerprint density at radius 2 is 1.42 bits per heavy atom. The molecule has 0 spiro atoms. The second-order valence-electron chi connectivity index (χ2n) is 8.87. The minimum Gasteiger partial charge on any atom is -0.427 e. The summed E-state index contributed by atoms with van der Waals surface area (Å²) in [6.45, 7) is 7.25. The Morgan fingerprint density at radius 1 is 0.774 bits per heavy atom. The SMILES string of the molecule is CC(C)(O)C(C)(C)O[B]c1ccc(-c2cc(-c3ccccc3)c3ccccc3n2)cc1. The highest BCUT2D eigenvalue weighted by molar-refractivity contribution is 6.47. The second-order valence-corrected chi connectivity index (χ2v) is 8.87. The van der Waals surface area contributed by atoms with Crippen molar-refractivity contribution in [2.75, 3.05) is 0 Å². The van der Waals surface area contributed by atoms with Gasteiger partial charge in [0.15, 0.2) is 0 Å². The standard InChI is InChI=1S/C27H27BNO2/c1-26(2,30)27(3,4)31-28-21-16-14-20(15-17-21)25-18-23(19-10-6-5-7-11-19)22-12-8-9-13-24(22)29-25/h5-18,30H,1-4H3. The largest absolute Gasteiger partial charge is 0.427 e. The number of nitrogens with zero attached hydrogens (tertiary/aromatic N) is 1. The highest BCUT2D eigenvalue weighted by Gasteiger charge is 2.35. The molecular weight excluding hydrogens is 381 g/mol. The van der Waals surface area contributed by atoms with Gasteiger partial charge in [0.2, 0.25) is 0 Å². The second kappa shape index (κ2) is 8.29. The van der Waals surface area contributed by atoms with Crippen LogP contribution in [0.4, 0.5) is 0 Å². The van der Waals surface area contributed by atoms with Gasteiger partial charge in [0, 0.05) is 10.9 Å². The predicted molar refractivity (Wildman–Crippen MR) is 129 cm³/mol. The zero-order chi connectivity index (χ0) is 22.1. The van der Waals surface area contributed by atoms with Gasteiger partial charge in [0.25, 0.3) is 0 Å². The zero-order valence-electron chi connectivity index (χ0n) is 18.5. The maximum atomic E-state index is 10.3. The molecule has 0 amide bonds. The summed E-state index contributed by atoms with van der Waals surface area (Å²) in [4.78, 5) is 4.90. The lowest BCUT2D eigenvalue weighted by Crippen LogP contribution is -2.49. The average Bonchev–Trinajstić information content (AvgIpc) is 2.77. The van der Waals surface area contributed by atoms with E-state index < -0.39 is 11.2 Å². The first-order chi connectivity index (χ1) is 14.7. The molecule has 0 saturated carbocycles. The van der Waals surface area contributed by atoms with Crippen molar-refractivity contribution in [3.05, 3.63) is 84.9 Å². The average molecular weight is 408 g/mol. The lowest BCUT2D eigenvalue weighted by atomic mass is 9.82. The Morgan fingerprint density at radius 3 is 2.10 bits per heavy atom. The minimum absolute atomic E-state index is 0.698. The van der Waals surface area contributed by atoms with Crippen LogP contribution >= 0.6 is 0 Å². The first kappa shape index (κ1) is 21.3. The van der Waals surface area contributed by atoms with Gasteiger partial charge >= 0.3 is 7.48 Å². The van der Waals surface area contributed by atoms with E-state index in [1.807, 2.05) is 38.1 Å². The third-order valence-electron chi connectivity index (χ3n) is 5.97. The van der Waals surface area contributed by atoms with Crippen molar-refractivity contribution in [1.29, 1.82) is 0 Å². The Balaban J connectivity index is 1.65. The summed E-state index contributed by atoms with van der Waals surface area (Å²) in [5, 5.41) is 11.4. The van der Waals surface area contributed by atoms with E-state index >= 15 is 0 Å². The quantitative estimate of drug-likeness (QED) is 0.436. The molecule has 0 saturated heterocycles. The third-order valence-corrected chi connectivity index (χ3v) is 5.97. The molecular formula is C27H27BNO2. The molecule has 31 heavy (non-hydrogen) atoms. The first-order valence-corrected chi connectivity index (χ1v) is 10.5. The van der Waals surface area contributed by atoms with Gasteiger partial charge in [-0.25, -0.2) is 4.98 Å². The molecule has 0 aliphatic rings. The Hall–Kier alpha value is -2.95. The van der Waals surface area contributed by atoms with Crippen LogP contribution in [0.3, 0.4) is 0 Å². The van der Waals surface area contributed by atoms with E-state index in [-0.39, 0.29) is 0 Å². The Kier molecular flexibility index (Phi) is 5.70. The summed E-state index contributed by atoms with van der Waals surface area (Å²) in [7, 11) is 1.70. The number of para-hydroxylation sites is 1. The van der Waals surface area contributed by atoms with E-state index in [4.69, 9.17) is 9.64 Å². The lowest BCUT2D eigenvalue weighted by Gasteiger charge is -2.37. The van der Waals surface area contributed by atoms with Crippen LogP contribution in [0.15, 0.2) is 84.9 Å². The summed E-state index contributed by atoms with van der Waals surface area (Å²) in [5.74, 6) is 0. The highest BCUT2D eigenvalue weighted by Crippen LogP contribution is 2.31. The lowest BCUT2D eigenvalue weighted by molar-refractivity contribution is -0.0893. The van der Waals surface area contributed by atoms with Gasteiger partial charge in [-0.1, -0.05) is 78.3 Å². The molecule has 4 heteroatoms. The van der Waals surface area contributed by atoms with Crippen molar-refractivity contribution in [2.45, 2.75) is 38.9 Å². The van der Waals surface area contributed by atoms with Crippen molar-refractivity contribution < 1.29 is 9.76 Å². The molecule has 0 bridgehead atoms. The van der Waals surface area contributed by atoms with Crippen LogP contribution in [0, 0.1) is 0 Å². The maximum Gasteiger partial charge on any atom is 0.330 e. The summed E-state index contributed by atoms with van der Waals surface area (Å²) in [5.41, 5.74) is 4.59. The maximum absolute atomic E-state index is 10.3. The van der Waals surface area contributed by atoms with Crippen LogP contribution in [-0.4, -0.2) is 28.8 Å². The number of benzene rings is 3. The monoisotopic (exact) mass is 408 g/mol. The zero-order valence-corrected chi connectivity index (χ0v) is 18.5. The van der Waals surface area contributed by atoms with Gasteiger partial charge in [-0.2, -0.15) is 0 Å². The van der Waals surface area contributed by atoms with Crippen molar-refractivity contribution in [2.24, 2.45) is 0 Å². The van der Waals surface area contributed by atoms with Gasteiger partial charge in [0.05, 0.1) is 22.4 Å². The Bertz CT molecular complexity index is 1180. The van der Waals surface area contributed by atoms with Gasteiger partial charge in [-0.15, -0.1) is 0 Å². The number of aliphatic hydroxyl groups is 1. The van der Waals surface area contributed by atoms with E-state index in [0.717, 1.165) is 27.6 Å². The topological polar surface area (TPSA) is 42.4 Å². The van der Waals surface area contributed by atoms with Gasteiger partial charge in [0.1, 0.15) is 0 Å². The molecule has 1 heterocycles. The molecule has 0 aliphatic heterocycles. The van der Waals surface area contributed by atoms with E-state index in [0.29, 0.717) is 0 Å². The van der Waals surface area contributed by atoms with Crippen molar-refractivity contribution in [3.8, 4) is 22.4 Å². The predicted octanol–water partition coefficient (Wildman–Crippen LogP) is 5.38. The van der Waals surface area contributed by atoms with Crippen LogP contribution in [-0.2, 0) is 4.65 Å².